The number of Topliss-reactive ketones (excluding diaryl/α,β-unsaturated/α-hetero) is 1. The Morgan fingerprint density at radius 3 is 2.78 bits per heavy atom. The Hall–Kier alpha value is -1.19. The van der Waals surface area contributed by atoms with E-state index < -0.39 is 0 Å². The summed E-state index contributed by atoms with van der Waals surface area (Å²) in [7, 11) is 0. The molecular weight excluding hydrogens is 228 g/mol. The third kappa shape index (κ3) is 2.08. The topological polar surface area (TPSA) is 56.0 Å². The van der Waals surface area contributed by atoms with E-state index in [1.165, 1.54) is 0 Å². The lowest BCUT2D eigenvalue weighted by Crippen LogP contribution is -2.10. The summed E-state index contributed by atoms with van der Waals surface area (Å²) in [4.78, 5) is 16.5. The molecule has 18 heavy (non-hydrogen) atoms. The Labute approximate surface area is 107 Å². The zero-order valence-electron chi connectivity index (χ0n) is 11.1. The van der Waals surface area contributed by atoms with Gasteiger partial charge in [-0.3, -0.25) is 4.79 Å². The number of carbonyl (C=O) groups excluding carboxylic acids is 1. The predicted octanol–water partition coefficient (Wildman–Crippen LogP) is 3.20. The molecule has 98 valence electrons. The molecule has 1 aromatic heterocycles. The van der Waals surface area contributed by atoms with Crippen molar-refractivity contribution in [2.45, 2.75) is 64.2 Å². The van der Waals surface area contributed by atoms with Crippen molar-refractivity contribution in [2.24, 2.45) is 5.41 Å². The van der Waals surface area contributed by atoms with E-state index in [-0.39, 0.29) is 11.7 Å². The molecule has 2 saturated carbocycles. The molecule has 4 heteroatoms. The Bertz CT molecular complexity index is 464. The van der Waals surface area contributed by atoms with E-state index in [0.717, 1.165) is 37.9 Å². The zero-order chi connectivity index (χ0) is 12.8. The van der Waals surface area contributed by atoms with Gasteiger partial charge < -0.3 is 4.52 Å². The maximum absolute atomic E-state index is 12.0. The average molecular weight is 248 g/mol. The Kier molecular flexibility index (Phi) is 2.76. The van der Waals surface area contributed by atoms with Crippen LogP contribution in [0.1, 0.15) is 75.9 Å². The van der Waals surface area contributed by atoms with Crippen LogP contribution in [0.15, 0.2) is 4.52 Å². The monoisotopic (exact) mass is 248 g/mol. The lowest BCUT2D eigenvalue weighted by atomic mass is 9.99. The summed E-state index contributed by atoms with van der Waals surface area (Å²) in [6.07, 6.45) is 5.88. The van der Waals surface area contributed by atoms with Crippen LogP contribution in [0.5, 0.6) is 0 Å². The van der Waals surface area contributed by atoms with Crippen molar-refractivity contribution in [3.05, 3.63) is 11.7 Å². The molecule has 4 nitrogen and oxygen atoms in total. The van der Waals surface area contributed by atoms with Crippen LogP contribution >= 0.6 is 0 Å². The largest absolute Gasteiger partial charge is 0.339 e. The summed E-state index contributed by atoms with van der Waals surface area (Å²) in [5.74, 6) is 1.90. The predicted molar refractivity (Wildman–Crippen MR) is 66.3 cm³/mol. The molecule has 0 aromatic carbocycles. The number of hydrogen-bond acceptors (Lipinski definition) is 4. The van der Waals surface area contributed by atoms with Crippen molar-refractivity contribution >= 4 is 5.78 Å². The van der Waals surface area contributed by atoms with E-state index in [0.29, 0.717) is 23.6 Å². The molecule has 2 unspecified atom stereocenters. The molecule has 1 heterocycles. The van der Waals surface area contributed by atoms with E-state index in [9.17, 15) is 4.79 Å². The number of rotatable bonds is 2. The highest BCUT2D eigenvalue weighted by molar-refractivity contribution is 5.84. The Morgan fingerprint density at radius 2 is 2.06 bits per heavy atom. The van der Waals surface area contributed by atoms with Gasteiger partial charge in [0.1, 0.15) is 5.78 Å². The second kappa shape index (κ2) is 4.18. The van der Waals surface area contributed by atoms with Gasteiger partial charge in [0, 0.05) is 12.3 Å². The summed E-state index contributed by atoms with van der Waals surface area (Å²) >= 11 is 0. The Morgan fingerprint density at radius 1 is 1.28 bits per heavy atom. The molecule has 3 rings (SSSR count). The highest BCUT2D eigenvalue weighted by Gasteiger charge is 2.49. The first kappa shape index (κ1) is 11.9. The van der Waals surface area contributed by atoms with E-state index in [4.69, 9.17) is 4.52 Å². The molecule has 2 aliphatic rings. The van der Waals surface area contributed by atoms with Crippen LogP contribution in [0.4, 0.5) is 0 Å². The molecule has 0 bridgehead atoms. The number of nitrogens with zero attached hydrogens (tertiary/aromatic N) is 2. The minimum Gasteiger partial charge on any atom is -0.339 e. The van der Waals surface area contributed by atoms with E-state index >= 15 is 0 Å². The second-order valence-electron chi connectivity index (χ2n) is 6.35. The normalized spacial score (nSPS) is 31.1. The minimum absolute atomic E-state index is 0.143. The highest BCUT2D eigenvalue weighted by atomic mass is 16.5. The van der Waals surface area contributed by atoms with E-state index in [2.05, 4.69) is 24.0 Å². The molecule has 0 saturated heterocycles. The fraction of sp³-hybridized carbons (Fsp3) is 0.786. The average Bonchev–Trinajstić information content (AvgIpc) is 2.81. The molecular formula is C14H20N2O2. The van der Waals surface area contributed by atoms with Crippen molar-refractivity contribution in [1.29, 1.82) is 0 Å². The number of carbonyl (C=O) groups is 1. The molecule has 0 radical (unpaired) electrons. The van der Waals surface area contributed by atoms with Crippen LogP contribution in [0.3, 0.4) is 0 Å². The fourth-order valence-electron chi connectivity index (χ4n) is 2.86. The molecule has 1 aromatic rings. The van der Waals surface area contributed by atoms with Crippen LogP contribution < -0.4 is 0 Å². The lowest BCUT2D eigenvalue weighted by molar-refractivity contribution is -0.120. The first-order valence-corrected chi connectivity index (χ1v) is 6.94. The third-order valence-corrected chi connectivity index (χ3v) is 4.39. The van der Waals surface area contributed by atoms with Gasteiger partial charge in [-0.05, 0) is 24.7 Å². The number of hydrogen-bond donors (Lipinski definition) is 0. The summed E-state index contributed by atoms with van der Waals surface area (Å²) in [5, 5.41) is 4.08. The van der Waals surface area contributed by atoms with Crippen molar-refractivity contribution in [3.63, 3.8) is 0 Å². The molecule has 2 atom stereocenters. The number of aromatic nitrogens is 2. The smallest absolute Gasteiger partial charge is 0.237 e. The van der Waals surface area contributed by atoms with Gasteiger partial charge in [-0.2, -0.15) is 4.98 Å². The summed E-state index contributed by atoms with van der Waals surface area (Å²) < 4.78 is 5.34. The fourth-order valence-corrected chi connectivity index (χ4v) is 2.86. The van der Waals surface area contributed by atoms with Crippen molar-refractivity contribution < 1.29 is 9.32 Å². The van der Waals surface area contributed by atoms with Crippen LogP contribution in [0, 0.1) is 5.41 Å². The SMILES string of the molecule is CC1(C)CC1c1noc(C2CCCCCC2=O)n1. The zero-order valence-corrected chi connectivity index (χ0v) is 11.1. The summed E-state index contributed by atoms with van der Waals surface area (Å²) in [6, 6.07) is 0. The Balaban J connectivity index is 1.78. The molecule has 2 fully saturated rings. The van der Waals surface area contributed by atoms with Crippen LogP contribution in [-0.2, 0) is 4.79 Å². The van der Waals surface area contributed by atoms with Crippen molar-refractivity contribution in [3.8, 4) is 0 Å². The standard InChI is InChI=1S/C14H20N2O2/c1-14(2)8-10(14)12-15-13(18-16-12)9-6-4-3-5-7-11(9)17/h9-10H,3-8H2,1-2H3. The van der Waals surface area contributed by atoms with Crippen LogP contribution in [0.2, 0.25) is 0 Å². The first-order valence-electron chi connectivity index (χ1n) is 6.94. The summed E-state index contributed by atoms with van der Waals surface area (Å²) in [6.45, 7) is 4.43. The van der Waals surface area contributed by atoms with Gasteiger partial charge in [0.05, 0.1) is 5.92 Å². The quantitative estimate of drug-likeness (QED) is 0.754. The minimum atomic E-state index is -0.143. The molecule has 0 N–H and O–H groups in total. The van der Waals surface area contributed by atoms with Gasteiger partial charge in [-0.25, -0.2) is 0 Å². The first-order chi connectivity index (χ1) is 8.58. The van der Waals surface area contributed by atoms with Crippen molar-refractivity contribution in [2.75, 3.05) is 0 Å². The van der Waals surface area contributed by atoms with Gasteiger partial charge in [-0.15, -0.1) is 0 Å². The number of ketones is 1. The van der Waals surface area contributed by atoms with Gasteiger partial charge in [0.15, 0.2) is 5.82 Å². The van der Waals surface area contributed by atoms with Crippen LogP contribution in [-0.4, -0.2) is 15.9 Å². The van der Waals surface area contributed by atoms with E-state index in [1.54, 1.807) is 0 Å². The molecule has 0 aliphatic heterocycles. The lowest BCUT2D eigenvalue weighted by Gasteiger charge is -2.06. The maximum atomic E-state index is 12.0. The van der Waals surface area contributed by atoms with E-state index in [1.807, 2.05) is 0 Å². The summed E-state index contributed by atoms with van der Waals surface area (Å²) in [5.41, 5.74) is 0.300. The molecule has 0 amide bonds. The molecule has 0 spiro atoms. The van der Waals surface area contributed by atoms with Gasteiger partial charge in [0.2, 0.25) is 5.89 Å². The van der Waals surface area contributed by atoms with Crippen LogP contribution in [0.25, 0.3) is 0 Å². The van der Waals surface area contributed by atoms with Gasteiger partial charge in [0.25, 0.3) is 0 Å². The van der Waals surface area contributed by atoms with Crippen molar-refractivity contribution in [1.82, 2.24) is 10.1 Å². The second-order valence-corrected chi connectivity index (χ2v) is 6.35. The van der Waals surface area contributed by atoms with Gasteiger partial charge in [-0.1, -0.05) is 31.8 Å². The highest BCUT2D eigenvalue weighted by Crippen LogP contribution is 2.57. The molecule has 2 aliphatic carbocycles. The van der Waals surface area contributed by atoms with Gasteiger partial charge >= 0.3 is 0 Å². The maximum Gasteiger partial charge on any atom is 0.237 e. The third-order valence-electron chi connectivity index (χ3n) is 4.39.